The summed E-state index contributed by atoms with van der Waals surface area (Å²) in [5.74, 6) is 0.171. The smallest absolute Gasteiger partial charge is 0.271 e. The van der Waals surface area contributed by atoms with Crippen LogP contribution in [0.15, 0.2) is 89.3 Å². The van der Waals surface area contributed by atoms with Crippen LogP contribution in [0.5, 0.6) is 11.5 Å². The van der Waals surface area contributed by atoms with Gasteiger partial charge in [-0.05, 0) is 108 Å². The minimum absolute atomic E-state index is 0.228. The molecule has 5 aromatic rings. The minimum Gasteiger partial charge on any atom is -0.490 e. The van der Waals surface area contributed by atoms with Gasteiger partial charge in [0.1, 0.15) is 0 Å². The highest BCUT2D eigenvalue weighted by Gasteiger charge is 2.15. The zero-order valence-corrected chi connectivity index (χ0v) is 29.6. The maximum Gasteiger partial charge on any atom is 0.271 e. The number of amides is 2. The topological polar surface area (TPSA) is 114 Å². The maximum atomic E-state index is 12.8. The van der Waals surface area contributed by atoms with Crippen LogP contribution in [0.2, 0.25) is 10.0 Å². The molecule has 0 saturated carbocycles. The molecule has 0 aliphatic rings. The van der Waals surface area contributed by atoms with Crippen molar-refractivity contribution in [3.8, 4) is 22.8 Å². The molecular weight excluding hydrogens is 772 g/mol. The van der Waals surface area contributed by atoms with E-state index in [0.29, 0.717) is 48.5 Å². The molecule has 0 spiro atoms. The third-order valence-corrected chi connectivity index (χ3v) is 8.78. The van der Waals surface area contributed by atoms with Gasteiger partial charge in [-0.25, -0.2) is 10.4 Å². The van der Waals surface area contributed by atoms with Gasteiger partial charge < -0.3 is 20.1 Å². The summed E-state index contributed by atoms with van der Waals surface area (Å²) >= 11 is 15.7. The number of benzene rings is 4. The lowest BCUT2D eigenvalue weighted by Gasteiger charge is -2.15. The van der Waals surface area contributed by atoms with Gasteiger partial charge in [-0.1, -0.05) is 41.4 Å². The van der Waals surface area contributed by atoms with Crippen molar-refractivity contribution in [2.45, 2.75) is 13.8 Å². The first-order valence-electron chi connectivity index (χ1n) is 14.3. The second kappa shape index (κ2) is 16.1. The van der Waals surface area contributed by atoms with E-state index in [4.69, 9.17) is 32.7 Å². The number of hydrazone groups is 1. The minimum atomic E-state index is -0.364. The first-order chi connectivity index (χ1) is 22.7. The van der Waals surface area contributed by atoms with Crippen LogP contribution in [0.1, 0.15) is 28.4 Å². The van der Waals surface area contributed by atoms with Gasteiger partial charge in [-0.2, -0.15) is 5.10 Å². The van der Waals surface area contributed by atoms with Crippen molar-refractivity contribution in [1.82, 2.24) is 10.4 Å². The van der Waals surface area contributed by atoms with Crippen LogP contribution < -0.4 is 25.5 Å². The summed E-state index contributed by atoms with van der Waals surface area (Å²) in [7, 11) is 0. The Labute approximate surface area is 299 Å². The van der Waals surface area contributed by atoms with Crippen LogP contribution in [0.25, 0.3) is 11.3 Å². The van der Waals surface area contributed by atoms with Crippen molar-refractivity contribution in [1.29, 1.82) is 0 Å². The summed E-state index contributed by atoms with van der Waals surface area (Å²) in [5, 5.41) is 14.1. The summed E-state index contributed by atoms with van der Waals surface area (Å²) < 4.78 is 12.3. The Kier molecular flexibility index (Phi) is 11.7. The maximum absolute atomic E-state index is 12.8. The van der Waals surface area contributed by atoms with Gasteiger partial charge in [0.25, 0.3) is 11.8 Å². The third-order valence-electron chi connectivity index (χ3n) is 6.56. The van der Waals surface area contributed by atoms with E-state index in [0.717, 1.165) is 27.6 Å². The highest BCUT2D eigenvalue weighted by molar-refractivity contribution is 14.1. The number of anilines is 3. The lowest BCUT2D eigenvalue weighted by atomic mass is 10.1. The summed E-state index contributed by atoms with van der Waals surface area (Å²) in [6, 6.07) is 23.3. The van der Waals surface area contributed by atoms with Gasteiger partial charge >= 0.3 is 0 Å². The number of ether oxygens (including phenoxy) is 2. The van der Waals surface area contributed by atoms with E-state index in [2.05, 4.69) is 48.7 Å². The molecule has 1 aromatic heterocycles. The van der Waals surface area contributed by atoms with Crippen molar-refractivity contribution in [2.24, 2.45) is 5.10 Å². The highest BCUT2D eigenvalue weighted by Crippen LogP contribution is 2.34. The largest absolute Gasteiger partial charge is 0.490 e. The fraction of sp³-hybridized carbons (Fsp3) is 0.118. The quantitative estimate of drug-likeness (QED) is 0.0660. The fourth-order valence-electron chi connectivity index (χ4n) is 4.21. The number of aromatic nitrogens is 1. The van der Waals surface area contributed by atoms with Crippen LogP contribution >= 0.6 is 57.1 Å². The Morgan fingerprint density at radius 2 is 1.72 bits per heavy atom. The van der Waals surface area contributed by atoms with Crippen LogP contribution in [-0.2, 0) is 4.79 Å². The molecule has 0 unspecified atom stereocenters. The van der Waals surface area contributed by atoms with Crippen LogP contribution in [0.3, 0.4) is 0 Å². The number of aryl methyl sites for hydroxylation is 1. The van der Waals surface area contributed by atoms with Gasteiger partial charge in [0.05, 0.1) is 22.1 Å². The summed E-state index contributed by atoms with van der Waals surface area (Å²) in [4.78, 5) is 29.9. The van der Waals surface area contributed by atoms with Crippen LogP contribution in [0, 0.1) is 10.5 Å². The average Bonchev–Trinajstić information content (AvgIpc) is 3.52. The molecule has 0 aliphatic carbocycles. The van der Waals surface area contributed by atoms with E-state index in [1.165, 1.54) is 17.6 Å². The van der Waals surface area contributed by atoms with E-state index in [1.54, 1.807) is 30.3 Å². The Morgan fingerprint density at radius 3 is 2.45 bits per heavy atom. The normalized spacial score (nSPS) is 10.9. The van der Waals surface area contributed by atoms with Crippen molar-refractivity contribution in [3.05, 3.63) is 115 Å². The number of hydrogen-bond acceptors (Lipinski definition) is 8. The zero-order valence-electron chi connectivity index (χ0n) is 25.1. The number of hydrogen-bond donors (Lipinski definition) is 3. The summed E-state index contributed by atoms with van der Waals surface area (Å²) in [6.07, 6.45) is 1.51. The number of carbonyl (C=O) groups excluding carboxylic acids is 2. The van der Waals surface area contributed by atoms with Crippen molar-refractivity contribution in [3.63, 3.8) is 0 Å². The van der Waals surface area contributed by atoms with E-state index >= 15 is 0 Å². The molecule has 13 heteroatoms. The lowest BCUT2D eigenvalue weighted by Crippen LogP contribution is -2.20. The fourth-order valence-corrected chi connectivity index (χ4v) is 6.04. The van der Waals surface area contributed by atoms with Crippen molar-refractivity contribution in [2.75, 3.05) is 23.8 Å². The first kappa shape index (κ1) is 34.2. The predicted octanol–water partition coefficient (Wildman–Crippen LogP) is 8.95. The predicted molar refractivity (Wildman–Crippen MR) is 198 cm³/mol. The van der Waals surface area contributed by atoms with E-state index < -0.39 is 0 Å². The summed E-state index contributed by atoms with van der Waals surface area (Å²) in [6.45, 7) is 3.89. The average molecular weight is 801 g/mol. The standard InChI is InChI=1S/C34H28Cl2IN5O4S/c1-3-45-30-15-21(14-28(37)32(30)46-18-31(43)39-26-11-4-20(2)27(36)16-26)17-38-42-33(44)23-7-5-22(6-8-23)29-19-47-34(41-29)40-25-12-9-24(35)10-13-25/h4-17,19H,3,18H2,1-2H3,(H,39,43)(H,40,41)(H,42,44)/b38-17-. The molecule has 240 valence electrons. The molecule has 4 aromatic carbocycles. The Hall–Kier alpha value is -4.17. The second-order valence-corrected chi connectivity index (χ2v) is 12.9. The Bertz CT molecular complexity index is 1920. The third kappa shape index (κ3) is 9.44. The number of halogens is 3. The number of nitrogens with one attached hydrogen (secondary N) is 3. The van der Waals surface area contributed by atoms with E-state index in [-0.39, 0.29) is 18.4 Å². The zero-order chi connectivity index (χ0) is 33.3. The Morgan fingerprint density at radius 1 is 0.979 bits per heavy atom. The van der Waals surface area contributed by atoms with Gasteiger partial charge in [-0.15, -0.1) is 11.3 Å². The molecule has 1 heterocycles. The summed E-state index contributed by atoms with van der Waals surface area (Å²) in [5.41, 5.74) is 7.73. The molecule has 0 aliphatic heterocycles. The molecule has 2 amide bonds. The van der Waals surface area contributed by atoms with Gasteiger partial charge in [0, 0.05) is 37.9 Å². The van der Waals surface area contributed by atoms with Gasteiger partial charge in [-0.3, -0.25) is 9.59 Å². The van der Waals surface area contributed by atoms with Gasteiger partial charge in [0.2, 0.25) is 0 Å². The Balaban J connectivity index is 1.17. The SMILES string of the molecule is CCOc1cc(/C=N\NC(=O)c2ccc(-c3csc(Nc4ccc(Cl)cc4)n3)cc2)cc(I)c1OCC(=O)Nc1ccc(C)c(Cl)c1. The molecule has 9 nitrogen and oxygen atoms in total. The number of thiazole rings is 1. The van der Waals surface area contributed by atoms with E-state index in [1.807, 2.05) is 67.8 Å². The lowest BCUT2D eigenvalue weighted by molar-refractivity contribution is -0.118. The van der Waals surface area contributed by atoms with Crippen molar-refractivity contribution >= 4 is 91.7 Å². The molecule has 3 N–H and O–H groups in total. The molecule has 0 atom stereocenters. The first-order valence-corrected chi connectivity index (χ1v) is 17.0. The van der Waals surface area contributed by atoms with Crippen LogP contribution in [-0.4, -0.2) is 36.2 Å². The highest BCUT2D eigenvalue weighted by atomic mass is 127. The van der Waals surface area contributed by atoms with E-state index in [9.17, 15) is 9.59 Å². The molecular formula is C34H28Cl2IN5O4S. The number of carbonyl (C=O) groups is 2. The molecule has 0 radical (unpaired) electrons. The molecule has 0 fully saturated rings. The monoisotopic (exact) mass is 799 g/mol. The number of nitrogens with zero attached hydrogens (tertiary/aromatic N) is 2. The molecule has 0 saturated heterocycles. The van der Waals surface area contributed by atoms with Crippen LogP contribution in [0.4, 0.5) is 16.5 Å². The molecule has 47 heavy (non-hydrogen) atoms. The number of rotatable bonds is 12. The molecule has 5 rings (SSSR count). The van der Waals surface area contributed by atoms with Crippen molar-refractivity contribution < 1.29 is 19.1 Å². The molecule has 0 bridgehead atoms. The van der Waals surface area contributed by atoms with Gasteiger partial charge in [0.15, 0.2) is 23.2 Å². The second-order valence-electron chi connectivity index (χ2n) is 10.0.